The van der Waals surface area contributed by atoms with Gasteiger partial charge in [-0.1, -0.05) is 52.4 Å². The minimum absolute atomic E-state index is 0.489. The molecule has 0 aliphatic heterocycles. The average Bonchev–Trinajstić information content (AvgIpc) is 2.69. The summed E-state index contributed by atoms with van der Waals surface area (Å²) in [5, 5.41) is 9.58. The Hall–Kier alpha value is -0.490. The number of thioether (sulfide) groups is 1. The lowest BCUT2D eigenvalue weighted by Crippen LogP contribution is -1.91. The van der Waals surface area contributed by atoms with Crippen LogP contribution < -0.4 is 5.73 Å². The average molecular weight is 306 g/mol. The van der Waals surface area contributed by atoms with Crippen LogP contribution in [0.5, 0.6) is 0 Å². The van der Waals surface area contributed by atoms with Crippen LogP contribution in [0.1, 0.15) is 5.56 Å². The van der Waals surface area contributed by atoms with Crippen LogP contribution in [0, 0.1) is 0 Å². The number of benzene rings is 1. The van der Waals surface area contributed by atoms with E-state index in [1.807, 2.05) is 18.2 Å². The summed E-state index contributed by atoms with van der Waals surface area (Å²) < 4.78 is 0.866. The Balaban J connectivity index is 1.94. The number of halogens is 2. The zero-order valence-corrected chi connectivity index (χ0v) is 11.8. The molecule has 2 N–H and O–H groups in total. The summed E-state index contributed by atoms with van der Waals surface area (Å²) in [6, 6.07) is 5.53. The van der Waals surface area contributed by atoms with Crippen molar-refractivity contribution < 1.29 is 0 Å². The van der Waals surface area contributed by atoms with Gasteiger partial charge in [-0.05, 0) is 24.1 Å². The molecular weight excluding hydrogens is 297 g/mol. The number of anilines is 1. The van der Waals surface area contributed by atoms with Gasteiger partial charge in [-0.25, -0.2) is 0 Å². The summed E-state index contributed by atoms with van der Waals surface area (Å²) in [6.45, 7) is 0. The molecule has 1 aromatic carbocycles. The molecule has 0 unspecified atom stereocenters. The van der Waals surface area contributed by atoms with Crippen LogP contribution in [-0.2, 0) is 6.42 Å². The van der Waals surface area contributed by atoms with Gasteiger partial charge in [0.2, 0.25) is 5.13 Å². The Morgan fingerprint density at radius 3 is 2.53 bits per heavy atom. The Bertz CT molecular complexity index is 496. The molecule has 2 aromatic rings. The quantitative estimate of drug-likeness (QED) is 0.874. The number of hydrogen-bond donors (Lipinski definition) is 1. The lowest BCUT2D eigenvalue weighted by Gasteiger charge is -2.05. The largest absolute Gasteiger partial charge is 0.374 e. The van der Waals surface area contributed by atoms with Gasteiger partial charge in [-0.2, -0.15) is 0 Å². The molecule has 0 aliphatic rings. The van der Waals surface area contributed by atoms with Gasteiger partial charge in [0.05, 0.1) is 0 Å². The highest BCUT2D eigenvalue weighted by atomic mass is 35.5. The van der Waals surface area contributed by atoms with Crippen molar-refractivity contribution in [2.24, 2.45) is 0 Å². The van der Waals surface area contributed by atoms with Crippen molar-refractivity contribution in [1.82, 2.24) is 10.2 Å². The Morgan fingerprint density at radius 2 is 1.94 bits per heavy atom. The molecule has 1 aromatic heterocycles. The standard InChI is InChI=1S/C10H9Cl2N3S2/c11-7-2-1-3-8(12)6(7)4-5-16-10-15-14-9(13)17-10/h1-3H,4-5H2,(H2,13,14). The molecular formula is C10H9Cl2N3S2. The second-order valence-electron chi connectivity index (χ2n) is 3.20. The van der Waals surface area contributed by atoms with Gasteiger partial charge in [-0.3, -0.25) is 0 Å². The molecule has 0 saturated heterocycles. The number of hydrogen-bond acceptors (Lipinski definition) is 5. The molecule has 0 fully saturated rings. The molecule has 90 valence electrons. The SMILES string of the molecule is Nc1nnc(SCCc2c(Cl)cccc2Cl)s1. The molecule has 1 heterocycles. The zero-order chi connectivity index (χ0) is 12.3. The van der Waals surface area contributed by atoms with Crippen LogP contribution in [0.4, 0.5) is 5.13 Å². The van der Waals surface area contributed by atoms with Gasteiger partial charge >= 0.3 is 0 Å². The van der Waals surface area contributed by atoms with Gasteiger partial charge in [0, 0.05) is 15.8 Å². The first-order valence-corrected chi connectivity index (χ1v) is 7.37. The molecule has 0 spiro atoms. The van der Waals surface area contributed by atoms with Crippen molar-refractivity contribution in [3.63, 3.8) is 0 Å². The molecule has 0 saturated carbocycles. The Kier molecular flexibility index (Phi) is 4.50. The summed E-state index contributed by atoms with van der Waals surface area (Å²) in [6.07, 6.45) is 0.794. The number of rotatable bonds is 4. The van der Waals surface area contributed by atoms with E-state index in [1.165, 1.54) is 11.3 Å². The molecule has 0 aliphatic carbocycles. The summed E-state index contributed by atoms with van der Waals surface area (Å²) in [5.74, 6) is 0.845. The van der Waals surface area contributed by atoms with E-state index in [9.17, 15) is 0 Å². The third-order valence-electron chi connectivity index (χ3n) is 2.06. The van der Waals surface area contributed by atoms with Crippen molar-refractivity contribution in [1.29, 1.82) is 0 Å². The maximum absolute atomic E-state index is 6.08. The first-order valence-electron chi connectivity index (χ1n) is 4.81. The van der Waals surface area contributed by atoms with Gasteiger partial charge in [0.1, 0.15) is 0 Å². The lowest BCUT2D eigenvalue weighted by atomic mass is 10.2. The predicted molar refractivity (Wildman–Crippen MR) is 75.2 cm³/mol. The highest BCUT2D eigenvalue weighted by Crippen LogP contribution is 2.28. The molecule has 0 radical (unpaired) electrons. The van der Waals surface area contributed by atoms with E-state index in [2.05, 4.69) is 10.2 Å². The highest BCUT2D eigenvalue weighted by Gasteiger charge is 2.07. The second kappa shape index (κ2) is 5.91. The summed E-state index contributed by atoms with van der Waals surface area (Å²) in [4.78, 5) is 0. The van der Waals surface area contributed by atoms with E-state index in [0.29, 0.717) is 15.2 Å². The maximum atomic E-state index is 6.08. The third-order valence-corrected chi connectivity index (χ3v) is 4.66. The van der Waals surface area contributed by atoms with E-state index >= 15 is 0 Å². The minimum Gasteiger partial charge on any atom is -0.374 e. The van der Waals surface area contributed by atoms with Crippen LogP contribution in [0.3, 0.4) is 0 Å². The molecule has 0 bridgehead atoms. The van der Waals surface area contributed by atoms with Crippen LogP contribution in [0.15, 0.2) is 22.5 Å². The monoisotopic (exact) mass is 305 g/mol. The van der Waals surface area contributed by atoms with Crippen LogP contribution in [0.25, 0.3) is 0 Å². The fourth-order valence-electron chi connectivity index (χ4n) is 1.29. The molecule has 0 atom stereocenters. The topological polar surface area (TPSA) is 51.8 Å². The normalized spacial score (nSPS) is 10.7. The van der Waals surface area contributed by atoms with E-state index in [-0.39, 0.29) is 0 Å². The lowest BCUT2D eigenvalue weighted by molar-refractivity contribution is 1.01. The van der Waals surface area contributed by atoms with E-state index < -0.39 is 0 Å². The molecule has 2 rings (SSSR count). The fraction of sp³-hybridized carbons (Fsp3) is 0.200. The number of nitrogen functional groups attached to an aromatic ring is 1. The van der Waals surface area contributed by atoms with Crippen LogP contribution in [-0.4, -0.2) is 16.0 Å². The van der Waals surface area contributed by atoms with E-state index in [0.717, 1.165) is 22.1 Å². The van der Waals surface area contributed by atoms with E-state index in [1.54, 1.807) is 11.8 Å². The van der Waals surface area contributed by atoms with Gasteiger partial charge in [0.25, 0.3) is 0 Å². The highest BCUT2D eigenvalue weighted by molar-refractivity contribution is 8.01. The van der Waals surface area contributed by atoms with Gasteiger partial charge in [-0.15, -0.1) is 10.2 Å². The van der Waals surface area contributed by atoms with Crippen molar-refractivity contribution in [3.8, 4) is 0 Å². The first-order chi connectivity index (χ1) is 8.16. The smallest absolute Gasteiger partial charge is 0.203 e. The van der Waals surface area contributed by atoms with Crippen molar-refractivity contribution in [2.75, 3.05) is 11.5 Å². The Morgan fingerprint density at radius 1 is 1.24 bits per heavy atom. The summed E-state index contributed by atoms with van der Waals surface area (Å²) in [7, 11) is 0. The number of nitrogens with two attached hydrogens (primary N) is 1. The van der Waals surface area contributed by atoms with Crippen molar-refractivity contribution in [2.45, 2.75) is 10.8 Å². The van der Waals surface area contributed by atoms with Gasteiger partial charge in [0.15, 0.2) is 4.34 Å². The zero-order valence-electron chi connectivity index (χ0n) is 8.69. The van der Waals surface area contributed by atoms with Crippen LogP contribution >= 0.6 is 46.3 Å². The third kappa shape index (κ3) is 3.48. The fourth-order valence-corrected chi connectivity index (χ4v) is 3.54. The van der Waals surface area contributed by atoms with Crippen LogP contribution in [0.2, 0.25) is 10.0 Å². The van der Waals surface area contributed by atoms with E-state index in [4.69, 9.17) is 28.9 Å². The Labute approximate surface area is 117 Å². The molecule has 17 heavy (non-hydrogen) atoms. The maximum Gasteiger partial charge on any atom is 0.203 e. The molecule has 0 amide bonds. The molecule has 7 heteroatoms. The minimum atomic E-state index is 0.489. The van der Waals surface area contributed by atoms with Gasteiger partial charge < -0.3 is 5.73 Å². The summed E-state index contributed by atoms with van der Waals surface area (Å²) >= 11 is 15.1. The predicted octanol–water partition coefficient (Wildman–Crippen LogP) is 3.76. The number of nitrogens with zero attached hydrogens (tertiary/aromatic N) is 2. The summed E-state index contributed by atoms with van der Waals surface area (Å²) in [5.41, 5.74) is 6.47. The van der Waals surface area contributed by atoms with Crippen molar-refractivity contribution >= 4 is 51.4 Å². The van der Waals surface area contributed by atoms with Crippen molar-refractivity contribution in [3.05, 3.63) is 33.8 Å². The molecule has 3 nitrogen and oxygen atoms in total. The first kappa shape index (κ1) is 13.0. The number of aromatic nitrogens is 2. The second-order valence-corrected chi connectivity index (χ2v) is 6.37.